The highest BCUT2D eigenvalue weighted by Crippen LogP contribution is 2.18. The van der Waals surface area contributed by atoms with Crippen molar-refractivity contribution in [1.82, 2.24) is 4.98 Å². The first kappa shape index (κ1) is 13.5. The molecule has 0 aliphatic heterocycles. The Morgan fingerprint density at radius 3 is 2.76 bits per heavy atom. The Morgan fingerprint density at radius 2 is 2.24 bits per heavy atom. The van der Waals surface area contributed by atoms with Gasteiger partial charge < -0.3 is 10.0 Å². The molecule has 1 heterocycles. The molecule has 0 radical (unpaired) electrons. The predicted molar refractivity (Wildman–Crippen MR) is 67.5 cm³/mol. The number of anilines is 1. The third kappa shape index (κ3) is 3.72. The van der Waals surface area contributed by atoms with E-state index in [2.05, 4.69) is 11.1 Å². The Bertz CT molecular complexity index is 398. The van der Waals surface area contributed by atoms with Gasteiger partial charge in [0.15, 0.2) is 0 Å². The normalized spacial score (nSPS) is 13.8. The summed E-state index contributed by atoms with van der Waals surface area (Å²) >= 11 is 0. The van der Waals surface area contributed by atoms with Crippen LogP contribution in [-0.2, 0) is 0 Å². The smallest absolute Gasteiger partial charge is 0.128 e. The van der Waals surface area contributed by atoms with Gasteiger partial charge in [0.1, 0.15) is 5.82 Å². The first-order valence-corrected chi connectivity index (χ1v) is 5.87. The van der Waals surface area contributed by atoms with Crippen LogP contribution in [0.3, 0.4) is 0 Å². The van der Waals surface area contributed by atoms with E-state index in [1.54, 1.807) is 19.2 Å². The Balaban J connectivity index is 2.88. The number of rotatable bonds is 5. The van der Waals surface area contributed by atoms with E-state index in [-0.39, 0.29) is 5.92 Å². The van der Waals surface area contributed by atoms with Crippen molar-refractivity contribution < 1.29 is 5.11 Å². The maximum atomic E-state index is 9.53. The molecular formula is C13H19N3O. The lowest BCUT2D eigenvalue weighted by Gasteiger charge is -2.23. The molecule has 1 N–H and O–H groups in total. The maximum absolute atomic E-state index is 9.53. The van der Waals surface area contributed by atoms with Gasteiger partial charge in [-0.15, -0.1) is 0 Å². The fourth-order valence-corrected chi connectivity index (χ4v) is 1.62. The SMILES string of the molecule is CCN(CC(C)C#N)c1cc([C@@H](C)O)ccn1. The molecule has 0 spiro atoms. The zero-order valence-corrected chi connectivity index (χ0v) is 10.6. The molecule has 0 fully saturated rings. The zero-order chi connectivity index (χ0) is 12.8. The van der Waals surface area contributed by atoms with E-state index in [1.807, 2.05) is 24.8 Å². The third-order valence-corrected chi connectivity index (χ3v) is 2.67. The lowest BCUT2D eigenvalue weighted by Crippen LogP contribution is -2.28. The molecule has 1 aromatic heterocycles. The Morgan fingerprint density at radius 1 is 1.53 bits per heavy atom. The lowest BCUT2D eigenvalue weighted by atomic mass is 10.1. The van der Waals surface area contributed by atoms with Crippen molar-refractivity contribution >= 4 is 5.82 Å². The molecule has 0 bridgehead atoms. The highest BCUT2D eigenvalue weighted by atomic mass is 16.3. The van der Waals surface area contributed by atoms with Gasteiger partial charge in [0, 0.05) is 19.3 Å². The summed E-state index contributed by atoms with van der Waals surface area (Å²) in [5.74, 6) is 0.778. The molecule has 0 aromatic carbocycles. The highest BCUT2D eigenvalue weighted by Gasteiger charge is 2.11. The first-order valence-electron chi connectivity index (χ1n) is 5.87. The van der Waals surface area contributed by atoms with Crippen LogP contribution in [0.1, 0.15) is 32.4 Å². The molecule has 4 heteroatoms. The Labute approximate surface area is 103 Å². The molecule has 4 nitrogen and oxygen atoms in total. The van der Waals surface area contributed by atoms with Gasteiger partial charge in [-0.2, -0.15) is 5.26 Å². The number of hydrogen-bond donors (Lipinski definition) is 1. The highest BCUT2D eigenvalue weighted by molar-refractivity contribution is 5.41. The second-order valence-corrected chi connectivity index (χ2v) is 4.19. The third-order valence-electron chi connectivity index (χ3n) is 2.67. The monoisotopic (exact) mass is 233 g/mol. The summed E-state index contributed by atoms with van der Waals surface area (Å²) < 4.78 is 0. The number of aromatic nitrogens is 1. The fourth-order valence-electron chi connectivity index (χ4n) is 1.62. The van der Waals surface area contributed by atoms with Gasteiger partial charge in [0.05, 0.1) is 18.1 Å². The predicted octanol–water partition coefficient (Wildman–Crippen LogP) is 2.12. The van der Waals surface area contributed by atoms with Gasteiger partial charge in [0.2, 0.25) is 0 Å². The van der Waals surface area contributed by atoms with E-state index in [0.29, 0.717) is 6.54 Å². The molecule has 1 rings (SSSR count). The summed E-state index contributed by atoms with van der Waals surface area (Å²) in [7, 11) is 0. The van der Waals surface area contributed by atoms with Crippen molar-refractivity contribution in [2.24, 2.45) is 5.92 Å². The molecule has 17 heavy (non-hydrogen) atoms. The van der Waals surface area contributed by atoms with Crippen LogP contribution in [0.4, 0.5) is 5.82 Å². The number of aliphatic hydroxyl groups excluding tert-OH is 1. The summed E-state index contributed by atoms with van der Waals surface area (Å²) in [6.07, 6.45) is 1.20. The number of nitriles is 1. The average Bonchev–Trinajstić information content (AvgIpc) is 2.35. The number of nitrogens with zero attached hydrogens (tertiary/aromatic N) is 3. The first-order chi connectivity index (χ1) is 8.08. The summed E-state index contributed by atoms with van der Waals surface area (Å²) in [6, 6.07) is 5.89. The van der Waals surface area contributed by atoms with Gasteiger partial charge in [-0.05, 0) is 38.5 Å². The van der Waals surface area contributed by atoms with Crippen LogP contribution in [0.15, 0.2) is 18.3 Å². The van der Waals surface area contributed by atoms with Gasteiger partial charge in [-0.3, -0.25) is 0 Å². The second kappa shape index (κ2) is 6.21. The quantitative estimate of drug-likeness (QED) is 0.846. The van der Waals surface area contributed by atoms with Crippen LogP contribution in [0.2, 0.25) is 0 Å². The minimum absolute atomic E-state index is 0.0352. The molecule has 0 saturated carbocycles. The van der Waals surface area contributed by atoms with Crippen LogP contribution in [0.25, 0.3) is 0 Å². The summed E-state index contributed by atoms with van der Waals surface area (Å²) in [5, 5.41) is 18.4. The largest absolute Gasteiger partial charge is 0.389 e. The van der Waals surface area contributed by atoms with Crippen LogP contribution in [-0.4, -0.2) is 23.2 Å². The molecule has 92 valence electrons. The van der Waals surface area contributed by atoms with E-state index in [9.17, 15) is 5.11 Å². The van der Waals surface area contributed by atoms with Gasteiger partial charge in [0.25, 0.3) is 0 Å². The molecule has 0 saturated heterocycles. The molecule has 1 unspecified atom stereocenters. The van der Waals surface area contributed by atoms with Crippen LogP contribution in [0.5, 0.6) is 0 Å². The molecule has 2 atom stereocenters. The van der Waals surface area contributed by atoms with Gasteiger partial charge in [-0.25, -0.2) is 4.98 Å². The molecule has 0 amide bonds. The fraction of sp³-hybridized carbons (Fsp3) is 0.538. The maximum Gasteiger partial charge on any atom is 0.128 e. The van der Waals surface area contributed by atoms with Crippen molar-refractivity contribution in [3.63, 3.8) is 0 Å². The average molecular weight is 233 g/mol. The summed E-state index contributed by atoms with van der Waals surface area (Å²) in [4.78, 5) is 6.33. The minimum Gasteiger partial charge on any atom is -0.389 e. The molecule has 0 aliphatic rings. The minimum atomic E-state index is -0.496. The van der Waals surface area contributed by atoms with E-state index in [1.165, 1.54) is 0 Å². The zero-order valence-electron chi connectivity index (χ0n) is 10.6. The summed E-state index contributed by atoms with van der Waals surface area (Å²) in [6.45, 7) is 7.10. The summed E-state index contributed by atoms with van der Waals surface area (Å²) in [5.41, 5.74) is 0.845. The van der Waals surface area contributed by atoms with Crippen LogP contribution >= 0.6 is 0 Å². The van der Waals surface area contributed by atoms with Crippen molar-refractivity contribution in [2.45, 2.75) is 26.9 Å². The van der Waals surface area contributed by atoms with E-state index in [4.69, 9.17) is 5.26 Å². The molecular weight excluding hydrogens is 214 g/mol. The topological polar surface area (TPSA) is 60.2 Å². The van der Waals surface area contributed by atoms with Gasteiger partial charge in [-0.1, -0.05) is 0 Å². The number of aliphatic hydroxyl groups is 1. The molecule has 0 aliphatic carbocycles. The Hall–Kier alpha value is -1.60. The van der Waals surface area contributed by atoms with E-state index >= 15 is 0 Å². The Kier molecular flexibility index (Phi) is 4.92. The van der Waals surface area contributed by atoms with E-state index in [0.717, 1.165) is 17.9 Å². The molecule has 1 aromatic rings. The van der Waals surface area contributed by atoms with E-state index < -0.39 is 6.10 Å². The number of hydrogen-bond acceptors (Lipinski definition) is 4. The number of pyridine rings is 1. The van der Waals surface area contributed by atoms with Gasteiger partial charge >= 0.3 is 0 Å². The lowest BCUT2D eigenvalue weighted by molar-refractivity contribution is 0.199. The van der Waals surface area contributed by atoms with Crippen molar-refractivity contribution in [3.05, 3.63) is 23.9 Å². The van der Waals surface area contributed by atoms with Crippen molar-refractivity contribution in [3.8, 4) is 6.07 Å². The standard InChI is InChI=1S/C13H19N3O/c1-4-16(9-10(2)8-14)13-7-12(11(3)17)5-6-15-13/h5-7,10-11,17H,4,9H2,1-3H3/t10?,11-/m1/s1. The van der Waals surface area contributed by atoms with Crippen molar-refractivity contribution in [1.29, 1.82) is 5.26 Å². The second-order valence-electron chi connectivity index (χ2n) is 4.19. The van der Waals surface area contributed by atoms with Crippen molar-refractivity contribution in [2.75, 3.05) is 18.0 Å². The van der Waals surface area contributed by atoms with Crippen LogP contribution in [0, 0.1) is 17.2 Å². The van der Waals surface area contributed by atoms with Crippen LogP contribution < -0.4 is 4.90 Å².